The quantitative estimate of drug-likeness (QED) is 0.397. The first-order chi connectivity index (χ1) is 16.3. The highest BCUT2D eigenvalue weighted by Gasteiger charge is 2.17. The first-order valence-corrected chi connectivity index (χ1v) is 12.2. The molecule has 4 aromatic rings. The monoisotopic (exact) mass is 479 g/mol. The fraction of sp³-hybridized carbons (Fsp3) is 0.167. The molecule has 0 radical (unpaired) electrons. The topological polar surface area (TPSA) is 128 Å². The molecule has 0 aliphatic carbocycles. The van der Waals surface area contributed by atoms with Gasteiger partial charge in [-0.2, -0.15) is 0 Å². The van der Waals surface area contributed by atoms with Gasteiger partial charge < -0.3 is 14.5 Å². The van der Waals surface area contributed by atoms with Crippen LogP contribution in [0.4, 0.5) is 5.69 Å². The Balaban J connectivity index is 1.54. The number of fused-ring (bicyclic) bond motifs is 1. The molecule has 0 aliphatic rings. The first kappa shape index (κ1) is 23.1. The Morgan fingerprint density at radius 2 is 1.79 bits per heavy atom. The number of ether oxygens (including phenoxy) is 1. The molecule has 0 aliphatic heterocycles. The van der Waals surface area contributed by atoms with E-state index in [0.29, 0.717) is 34.7 Å². The lowest BCUT2D eigenvalue weighted by Crippen LogP contribution is -2.20. The van der Waals surface area contributed by atoms with Gasteiger partial charge in [-0.1, -0.05) is 31.2 Å². The molecule has 1 amide bonds. The minimum absolute atomic E-state index is 0.0569. The molecule has 0 saturated carbocycles. The molecule has 10 heteroatoms. The van der Waals surface area contributed by atoms with Crippen LogP contribution in [0.1, 0.15) is 24.2 Å². The Kier molecular flexibility index (Phi) is 6.42. The van der Waals surface area contributed by atoms with Crippen LogP contribution < -0.4 is 15.7 Å². The molecule has 2 heterocycles. The number of aromatic nitrogens is 2. The van der Waals surface area contributed by atoms with E-state index < -0.39 is 21.4 Å². The summed E-state index contributed by atoms with van der Waals surface area (Å²) in [6.07, 6.45) is 0. The highest BCUT2D eigenvalue weighted by Crippen LogP contribution is 2.25. The van der Waals surface area contributed by atoms with Crippen molar-refractivity contribution < 1.29 is 22.4 Å². The lowest BCUT2D eigenvalue weighted by Gasteiger charge is -2.08. The molecule has 0 atom stereocenters. The van der Waals surface area contributed by atoms with Gasteiger partial charge in [0, 0.05) is 16.6 Å². The van der Waals surface area contributed by atoms with Crippen LogP contribution in [0.3, 0.4) is 0 Å². The van der Waals surface area contributed by atoms with Crippen LogP contribution in [-0.4, -0.2) is 36.9 Å². The number of carbonyl (C=O) groups is 1. The van der Waals surface area contributed by atoms with Gasteiger partial charge in [-0.05, 0) is 43.3 Å². The van der Waals surface area contributed by atoms with Crippen molar-refractivity contribution in [2.24, 2.45) is 0 Å². The fourth-order valence-corrected chi connectivity index (χ4v) is 3.99. The van der Waals surface area contributed by atoms with Gasteiger partial charge in [-0.25, -0.2) is 13.2 Å². The van der Waals surface area contributed by atoms with Crippen LogP contribution in [0.15, 0.2) is 74.9 Å². The molecule has 0 saturated heterocycles. The second kappa shape index (κ2) is 9.44. The molecule has 0 spiro atoms. The summed E-state index contributed by atoms with van der Waals surface area (Å²) in [5.74, 6) is -0.235. The number of hydrogen-bond acceptors (Lipinski definition) is 8. The lowest BCUT2D eigenvalue weighted by molar-refractivity contribution is 0.102. The van der Waals surface area contributed by atoms with E-state index in [1.807, 2.05) is 6.92 Å². The minimum atomic E-state index is -3.43. The molecular weight excluding hydrogens is 458 g/mol. The largest absolute Gasteiger partial charge is 0.490 e. The zero-order chi connectivity index (χ0) is 24.3. The summed E-state index contributed by atoms with van der Waals surface area (Å²) in [5.41, 5.74) is 0.992. The summed E-state index contributed by atoms with van der Waals surface area (Å²) < 4.78 is 34.6. The van der Waals surface area contributed by atoms with Crippen LogP contribution in [0.5, 0.6) is 5.75 Å². The molecule has 1 N–H and O–H groups in total. The van der Waals surface area contributed by atoms with Crippen LogP contribution >= 0.6 is 0 Å². The number of sulfone groups is 1. The van der Waals surface area contributed by atoms with Crippen molar-refractivity contribution in [2.75, 3.05) is 17.7 Å². The highest BCUT2D eigenvalue weighted by atomic mass is 32.2. The number of benzene rings is 2. The fourth-order valence-electron chi connectivity index (χ4n) is 3.26. The third-order valence-electron chi connectivity index (χ3n) is 5.05. The van der Waals surface area contributed by atoms with Gasteiger partial charge in [0.15, 0.2) is 26.2 Å². The molecule has 2 aromatic heterocycles. The summed E-state index contributed by atoms with van der Waals surface area (Å²) in [5, 5.41) is 10.9. The van der Waals surface area contributed by atoms with E-state index in [1.54, 1.807) is 48.5 Å². The van der Waals surface area contributed by atoms with Crippen LogP contribution in [0.25, 0.3) is 22.2 Å². The summed E-state index contributed by atoms with van der Waals surface area (Å²) in [4.78, 5) is 25.2. The molecule has 2 aromatic carbocycles. The predicted molar refractivity (Wildman–Crippen MR) is 127 cm³/mol. The summed E-state index contributed by atoms with van der Waals surface area (Å²) in [6.45, 7) is 3.77. The van der Waals surface area contributed by atoms with E-state index in [1.165, 1.54) is 19.1 Å². The van der Waals surface area contributed by atoms with Crippen molar-refractivity contribution in [3.05, 3.63) is 76.6 Å². The predicted octanol–water partition coefficient (Wildman–Crippen LogP) is 3.69. The maximum atomic E-state index is 12.7. The standard InChI is InChI=1S/C24H21N3O6S/c1-3-32-20-7-5-6-16-14-18(24(29)33-22(16)20)23(28)25-17-10-8-15(9-11-17)19-12-13-21(27-26-19)34(30,31)4-2/h5-14H,3-4H2,1-2H3,(H,25,28). The smallest absolute Gasteiger partial charge is 0.349 e. The number of amides is 1. The second-order valence-corrected chi connectivity index (χ2v) is 9.47. The zero-order valence-corrected chi connectivity index (χ0v) is 19.3. The molecular formula is C24H21N3O6S. The number of nitrogens with zero attached hydrogens (tertiary/aromatic N) is 2. The van der Waals surface area contributed by atoms with Crippen molar-refractivity contribution >= 4 is 32.4 Å². The first-order valence-electron chi connectivity index (χ1n) is 10.5. The van der Waals surface area contributed by atoms with E-state index in [2.05, 4.69) is 15.5 Å². The van der Waals surface area contributed by atoms with Gasteiger partial charge in [0.05, 0.1) is 18.1 Å². The van der Waals surface area contributed by atoms with Crippen LogP contribution in [-0.2, 0) is 9.84 Å². The van der Waals surface area contributed by atoms with Crippen molar-refractivity contribution in [1.82, 2.24) is 10.2 Å². The maximum Gasteiger partial charge on any atom is 0.349 e. The lowest BCUT2D eigenvalue weighted by atomic mass is 10.1. The number of nitrogens with one attached hydrogen (secondary N) is 1. The van der Waals surface area contributed by atoms with Gasteiger partial charge in [0.2, 0.25) is 0 Å². The Labute approximate surface area is 195 Å². The Bertz CT molecular complexity index is 1510. The third-order valence-corrected chi connectivity index (χ3v) is 6.66. The van der Waals surface area contributed by atoms with Crippen molar-refractivity contribution in [1.29, 1.82) is 0 Å². The maximum absolute atomic E-state index is 12.7. The molecule has 174 valence electrons. The van der Waals surface area contributed by atoms with Crippen molar-refractivity contribution in [3.63, 3.8) is 0 Å². The number of hydrogen-bond donors (Lipinski definition) is 1. The molecule has 0 bridgehead atoms. The number of anilines is 1. The van der Waals surface area contributed by atoms with Crippen LogP contribution in [0, 0.1) is 0 Å². The van der Waals surface area contributed by atoms with Gasteiger partial charge in [-0.15, -0.1) is 10.2 Å². The van der Waals surface area contributed by atoms with E-state index in [9.17, 15) is 18.0 Å². The Hall–Kier alpha value is -4.05. The summed E-state index contributed by atoms with van der Waals surface area (Å²) in [7, 11) is -3.43. The molecule has 34 heavy (non-hydrogen) atoms. The third kappa shape index (κ3) is 4.67. The number of carbonyl (C=O) groups excluding carboxylic acids is 1. The molecule has 0 unspecified atom stereocenters. The van der Waals surface area contributed by atoms with Gasteiger partial charge >= 0.3 is 5.63 Å². The normalized spacial score (nSPS) is 11.4. The zero-order valence-electron chi connectivity index (χ0n) is 18.4. The van der Waals surface area contributed by atoms with Crippen molar-refractivity contribution in [3.8, 4) is 17.0 Å². The van der Waals surface area contributed by atoms with Gasteiger partial charge in [-0.3, -0.25) is 4.79 Å². The minimum Gasteiger partial charge on any atom is -0.490 e. The Morgan fingerprint density at radius 3 is 2.44 bits per heavy atom. The highest BCUT2D eigenvalue weighted by molar-refractivity contribution is 7.91. The number of para-hydroxylation sites is 1. The summed E-state index contributed by atoms with van der Waals surface area (Å²) in [6, 6.07) is 16.3. The second-order valence-electron chi connectivity index (χ2n) is 7.25. The summed E-state index contributed by atoms with van der Waals surface area (Å²) >= 11 is 0. The van der Waals surface area contributed by atoms with Gasteiger partial charge in [0.1, 0.15) is 5.56 Å². The van der Waals surface area contributed by atoms with Gasteiger partial charge in [0.25, 0.3) is 5.91 Å². The van der Waals surface area contributed by atoms with E-state index in [-0.39, 0.29) is 21.9 Å². The van der Waals surface area contributed by atoms with E-state index in [4.69, 9.17) is 9.15 Å². The SMILES string of the molecule is CCOc1cccc2cc(C(=O)Nc3ccc(-c4ccc(S(=O)(=O)CC)nn4)cc3)c(=O)oc12. The molecule has 0 fully saturated rings. The van der Waals surface area contributed by atoms with E-state index >= 15 is 0 Å². The average Bonchev–Trinajstić information content (AvgIpc) is 2.85. The van der Waals surface area contributed by atoms with Crippen molar-refractivity contribution in [2.45, 2.75) is 18.9 Å². The Morgan fingerprint density at radius 1 is 1.03 bits per heavy atom. The molecule has 4 rings (SSSR count). The van der Waals surface area contributed by atoms with E-state index in [0.717, 1.165) is 0 Å². The molecule has 9 nitrogen and oxygen atoms in total. The van der Waals surface area contributed by atoms with Crippen LogP contribution in [0.2, 0.25) is 0 Å². The number of rotatable bonds is 7. The average molecular weight is 480 g/mol.